The molecule has 0 amide bonds. The van der Waals surface area contributed by atoms with Crippen LogP contribution in [0.3, 0.4) is 0 Å². The van der Waals surface area contributed by atoms with E-state index < -0.39 is 36.9 Å². The smallest absolute Gasteiger partial charge is 0.337 e. The largest absolute Gasteiger partial charge is 0.481 e. The number of carbonyl (C=O) groups is 2. The first-order valence-corrected chi connectivity index (χ1v) is 9.13. The highest BCUT2D eigenvalue weighted by atomic mass is 19.3. The molecule has 2 N–H and O–H groups in total. The predicted molar refractivity (Wildman–Crippen MR) is 98.6 cm³/mol. The molecule has 0 spiro atoms. The normalized spacial score (nSPS) is 21.7. The van der Waals surface area contributed by atoms with Crippen molar-refractivity contribution in [2.24, 2.45) is 12.0 Å². The van der Waals surface area contributed by atoms with Crippen molar-refractivity contribution >= 4 is 17.8 Å². The molecule has 3 heterocycles. The third-order valence-corrected chi connectivity index (χ3v) is 5.03. The highest BCUT2D eigenvalue weighted by molar-refractivity contribution is 6.01. The van der Waals surface area contributed by atoms with E-state index in [0.29, 0.717) is 17.4 Å². The van der Waals surface area contributed by atoms with Gasteiger partial charge >= 0.3 is 11.9 Å². The number of halogens is 2. The van der Waals surface area contributed by atoms with Crippen molar-refractivity contribution in [2.75, 3.05) is 26.7 Å². The molecule has 1 unspecified atom stereocenters. The van der Waals surface area contributed by atoms with Crippen molar-refractivity contribution in [1.82, 2.24) is 19.8 Å². The molecule has 9 nitrogen and oxygen atoms in total. The van der Waals surface area contributed by atoms with Gasteiger partial charge in [-0.1, -0.05) is 0 Å². The molecule has 1 saturated heterocycles. The fourth-order valence-corrected chi connectivity index (χ4v) is 3.61. The number of likely N-dealkylation sites (tertiary alicyclic amines) is 1. The number of aromatic nitrogens is 2. The first-order valence-electron chi connectivity index (χ1n) is 9.13. The van der Waals surface area contributed by atoms with Gasteiger partial charge in [0.25, 0.3) is 5.92 Å². The van der Waals surface area contributed by atoms with Gasteiger partial charge in [-0.2, -0.15) is 0 Å². The number of aliphatic carboxylic acids is 1. The van der Waals surface area contributed by atoms with Crippen LogP contribution in [0.15, 0.2) is 28.7 Å². The first-order chi connectivity index (χ1) is 13.7. The molecule has 1 aromatic heterocycles. The fraction of sp³-hybridized carbons (Fsp3) is 0.556. The Labute approximate surface area is 166 Å². The number of nitrogens with one attached hydrogen (secondary N) is 1. The number of alkyl halides is 2. The molecule has 158 valence electrons. The monoisotopic (exact) mass is 411 g/mol. The number of aliphatic imine (C=N–C) groups is 1. The first kappa shape index (κ1) is 20.9. The second-order valence-electron chi connectivity index (χ2n) is 7.15. The number of imidazole rings is 1. The van der Waals surface area contributed by atoms with Gasteiger partial charge in [-0.25, -0.2) is 18.6 Å². The van der Waals surface area contributed by atoms with Gasteiger partial charge in [0.1, 0.15) is 0 Å². The zero-order chi connectivity index (χ0) is 21.2. The molecule has 0 aromatic carbocycles. The summed E-state index contributed by atoms with van der Waals surface area (Å²) in [6.45, 7) is -0.458. The summed E-state index contributed by atoms with van der Waals surface area (Å²) >= 11 is 0. The van der Waals surface area contributed by atoms with E-state index in [4.69, 9.17) is 9.84 Å². The topological polar surface area (TPSA) is 109 Å². The number of nitrogens with zero attached hydrogens (tertiary/aromatic N) is 4. The number of rotatable bonds is 7. The third kappa shape index (κ3) is 4.78. The van der Waals surface area contributed by atoms with E-state index in [0.717, 1.165) is 0 Å². The van der Waals surface area contributed by atoms with Crippen molar-refractivity contribution < 1.29 is 28.2 Å². The summed E-state index contributed by atoms with van der Waals surface area (Å²) < 4.78 is 34.6. The highest BCUT2D eigenvalue weighted by Gasteiger charge is 2.45. The van der Waals surface area contributed by atoms with Crippen LogP contribution in [0.1, 0.15) is 25.1 Å². The minimum absolute atomic E-state index is 0.0216. The van der Waals surface area contributed by atoms with E-state index in [2.05, 4.69) is 15.3 Å². The summed E-state index contributed by atoms with van der Waals surface area (Å²) in [5.74, 6) is -3.58. The highest BCUT2D eigenvalue weighted by Crippen LogP contribution is 2.34. The van der Waals surface area contributed by atoms with Crippen LogP contribution in [0, 0.1) is 0 Å². The lowest BCUT2D eigenvalue weighted by molar-refractivity contribution is -0.137. The molecule has 29 heavy (non-hydrogen) atoms. The molecule has 0 radical (unpaired) electrons. The summed E-state index contributed by atoms with van der Waals surface area (Å²) in [4.78, 5) is 33.1. The number of carboxylic acid groups (broad SMARTS) is 1. The molecule has 0 aliphatic carbocycles. The van der Waals surface area contributed by atoms with Crippen molar-refractivity contribution in [2.45, 2.75) is 31.2 Å². The molecule has 0 saturated carbocycles. The van der Waals surface area contributed by atoms with Gasteiger partial charge in [-0.05, 0) is 6.42 Å². The zero-order valence-corrected chi connectivity index (χ0v) is 16.2. The Morgan fingerprint density at radius 1 is 1.45 bits per heavy atom. The lowest BCUT2D eigenvalue weighted by Gasteiger charge is -2.28. The summed E-state index contributed by atoms with van der Waals surface area (Å²) in [7, 11) is 3.03. The molecule has 1 atom stereocenters. The number of amidine groups is 1. The van der Waals surface area contributed by atoms with E-state index in [-0.39, 0.29) is 31.5 Å². The molecule has 1 aromatic rings. The number of methoxy groups -OCH3 is 1. The summed E-state index contributed by atoms with van der Waals surface area (Å²) in [5.41, 5.74) is 0.653. The van der Waals surface area contributed by atoms with Gasteiger partial charge in [-0.15, -0.1) is 0 Å². The second-order valence-corrected chi connectivity index (χ2v) is 7.15. The van der Waals surface area contributed by atoms with Crippen LogP contribution < -0.4 is 5.32 Å². The van der Waals surface area contributed by atoms with Crippen molar-refractivity contribution in [3.8, 4) is 0 Å². The minimum Gasteiger partial charge on any atom is -0.481 e. The Morgan fingerprint density at radius 2 is 2.21 bits per heavy atom. The maximum absolute atomic E-state index is 14.0. The van der Waals surface area contributed by atoms with Crippen LogP contribution in [0.4, 0.5) is 8.78 Å². The number of hydrogen-bond acceptors (Lipinski definition) is 7. The number of esters is 1. The van der Waals surface area contributed by atoms with Crippen LogP contribution in [0.2, 0.25) is 0 Å². The fourth-order valence-electron chi connectivity index (χ4n) is 3.61. The van der Waals surface area contributed by atoms with E-state index in [9.17, 15) is 18.4 Å². The lowest BCUT2D eigenvalue weighted by atomic mass is 10.1. The van der Waals surface area contributed by atoms with Crippen LogP contribution in [0.25, 0.3) is 0 Å². The van der Waals surface area contributed by atoms with Crippen molar-refractivity contribution in [3.05, 3.63) is 29.5 Å². The Morgan fingerprint density at radius 3 is 2.83 bits per heavy atom. The number of ether oxygens (including phenoxy) is 1. The van der Waals surface area contributed by atoms with E-state index >= 15 is 0 Å². The summed E-state index contributed by atoms with van der Waals surface area (Å²) in [6, 6.07) is -0.607. The van der Waals surface area contributed by atoms with Crippen LogP contribution in [-0.2, 0) is 21.4 Å². The Kier molecular flexibility index (Phi) is 5.96. The van der Waals surface area contributed by atoms with Gasteiger partial charge in [0.05, 0.1) is 25.8 Å². The average molecular weight is 411 g/mol. The molecule has 2 aliphatic heterocycles. The minimum atomic E-state index is -2.92. The average Bonchev–Trinajstić information content (AvgIpc) is 3.21. The molecular formula is C18H23F2N5O4. The molecule has 0 bridgehead atoms. The SMILES string of the molecule is COC(=O)C1=C(CN2CC(F)(F)CC2CCC(=O)O)NC(c2nccn2C)=NC1. The van der Waals surface area contributed by atoms with Gasteiger partial charge in [0.15, 0.2) is 11.7 Å². The van der Waals surface area contributed by atoms with E-state index in [1.54, 1.807) is 24.0 Å². The summed E-state index contributed by atoms with van der Waals surface area (Å²) in [6.07, 6.45) is 2.82. The Hall–Kier alpha value is -2.82. The Balaban J connectivity index is 1.83. The van der Waals surface area contributed by atoms with Crippen LogP contribution in [-0.4, -0.2) is 76.0 Å². The lowest BCUT2D eigenvalue weighted by Crippen LogP contribution is -2.41. The maximum Gasteiger partial charge on any atom is 0.337 e. The second kappa shape index (κ2) is 8.27. The van der Waals surface area contributed by atoms with Crippen molar-refractivity contribution in [1.29, 1.82) is 0 Å². The molecular weight excluding hydrogens is 388 g/mol. The maximum atomic E-state index is 14.0. The number of carbonyl (C=O) groups excluding carboxylic acids is 1. The predicted octanol–water partition coefficient (Wildman–Crippen LogP) is 0.771. The summed E-state index contributed by atoms with van der Waals surface area (Å²) in [5, 5.41) is 12.0. The van der Waals surface area contributed by atoms with Gasteiger partial charge < -0.3 is 19.7 Å². The van der Waals surface area contributed by atoms with Gasteiger partial charge in [0, 0.05) is 50.6 Å². The van der Waals surface area contributed by atoms with Crippen LogP contribution >= 0.6 is 0 Å². The van der Waals surface area contributed by atoms with Crippen molar-refractivity contribution in [3.63, 3.8) is 0 Å². The Bertz CT molecular complexity index is 864. The standard InChI is InChI=1S/C18H23F2N5O4/c1-24-6-5-21-16(24)15-22-8-12(17(28)29-2)13(23-15)9-25-10-18(19,20)7-11(25)3-4-14(26)27/h5-6,11H,3-4,7-10H2,1-2H3,(H,22,23)(H,26,27). The van der Waals surface area contributed by atoms with E-state index in [1.165, 1.54) is 12.0 Å². The third-order valence-electron chi connectivity index (χ3n) is 5.03. The quantitative estimate of drug-likeness (QED) is 0.638. The number of hydrogen-bond donors (Lipinski definition) is 2. The molecule has 11 heteroatoms. The van der Waals surface area contributed by atoms with Gasteiger partial charge in [-0.3, -0.25) is 14.7 Å². The molecule has 1 fully saturated rings. The molecule has 3 rings (SSSR count). The van der Waals surface area contributed by atoms with Gasteiger partial charge in [0.2, 0.25) is 0 Å². The zero-order valence-electron chi connectivity index (χ0n) is 16.2. The molecule has 2 aliphatic rings. The van der Waals surface area contributed by atoms with E-state index in [1.807, 2.05) is 0 Å². The number of aryl methyl sites for hydroxylation is 1. The number of carboxylic acids is 1. The van der Waals surface area contributed by atoms with Crippen LogP contribution in [0.5, 0.6) is 0 Å².